The normalized spacial score (nSPS) is 13.6. The number of hydrogen-bond donors (Lipinski definition) is 8. The van der Waals surface area contributed by atoms with Crippen molar-refractivity contribution in [3.05, 3.63) is 0 Å². The molecular formula is C54H130N8O14. The third-order valence-electron chi connectivity index (χ3n) is 9.10. The summed E-state index contributed by atoms with van der Waals surface area (Å²) >= 11 is 0. The van der Waals surface area contributed by atoms with Gasteiger partial charge < -0.3 is 112 Å². The third kappa shape index (κ3) is 95.5. The molecule has 0 aromatic carbocycles. The Kier molecular flexibility index (Phi) is 91.7. The SMILES string of the molecule is CCC(C)OC(C)OC(C)CN.CCC(C)OCOC(C)CN.CCCCOC(C)OCCCN.CCCOC(C)(C)OCCN.CCCOC(C)OCCN.CCCOCOCCN.NCCCOCOCCCN. The monoisotopic (exact) mass is 1110 g/mol. The first-order chi connectivity index (χ1) is 36.4. The van der Waals surface area contributed by atoms with Gasteiger partial charge in [0.1, 0.15) is 20.4 Å². The second kappa shape index (κ2) is 78.3. The highest BCUT2D eigenvalue weighted by molar-refractivity contribution is 4.54. The Bertz CT molecular complexity index is 907. The molecule has 0 amide bonds. The summed E-state index contributed by atoms with van der Waals surface area (Å²) < 4.78 is 73.3. The van der Waals surface area contributed by atoms with E-state index in [0.717, 1.165) is 90.6 Å². The zero-order valence-corrected chi connectivity index (χ0v) is 51.8. The minimum atomic E-state index is -0.477. The van der Waals surface area contributed by atoms with Gasteiger partial charge in [0.15, 0.2) is 24.7 Å². The zero-order chi connectivity index (χ0) is 59.4. The van der Waals surface area contributed by atoms with Crippen molar-refractivity contribution in [3.8, 4) is 0 Å². The highest BCUT2D eigenvalue weighted by Gasteiger charge is 2.17. The fraction of sp³-hybridized carbons (Fsp3) is 1.00. The molecule has 22 nitrogen and oxygen atoms in total. The van der Waals surface area contributed by atoms with Gasteiger partial charge in [0.2, 0.25) is 0 Å². The van der Waals surface area contributed by atoms with Gasteiger partial charge in [-0.1, -0.05) is 48.0 Å². The standard InChI is InChI=1S/2C9H21NO2.2C8H19NO2.C7H18N2O2.C7H17NO2.C6H15NO2/c1-5-7(2)11-9(4)12-8(3)6-10;1-3-4-7-11-9(2)12-8-5-6-10;1-4-7(2)10-6-11-8(3)5-9;1-4-6-10-8(2,3)11-7-5-9;8-3-1-5-10-7-11-6-2-4-9;1-3-5-9-7(2)10-6-4-8;1-2-4-8-6-9-5-3-7/h7-9H,5-6,10H2,1-4H3;9H,3-8,10H2,1-2H3;7-8H,4-6,9H2,1-3H3;4-7,9H2,1-3H3;1-9H2;7H,3-6,8H2,1-2H3;2-7H2,1H3. The fourth-order valence-corrected chi connectivity index (χ4v) is 4.28. The summed E-state index contributed by atoms with van der Waals surface area (Å²) in [4.78, 5) is 0. The van der Waals surface area contributed by atoms with Crippen LogP contribution in [0.25, 0.3) is 0 Å². The molecule has 0 saturated carbocycles. The summed E-state index contributed by atoms with van der Waals surface area (Å²) in [5, 5.41) is 0. The Balaban J connectivity index is -0.000000146. The maximum Gasteiger partial charge on any atom is 0.162 e. The predicted octanol–water partition coefficient (Wildman–Crippen LogP) is 6.03. The van der Waals surface area contributed by atoms with Crippen LogP contribution < -0.4 is 45.9 Å². The van der Waals surface area contributed by atoms with Crippen molar-refractivity contribution >= 4 is 0 Å². The summed E-state index contributed by atoms with van der Waals surface area (Å²) in [5.74, 6) is -0.477. The summed E-state index contributed by atoms with van der Waals surface area (Å²) in [6, 6.07) is 0. The fourth-order valence-electron chi connectivity index (χ4n) is 4.28. The van der Waals surface area contributed by atoms with Crippen molar-refractivity contribution in [2.45, 2.75) is 217 Å². The molecule has 0 aliphatic rings. The van der Waals surface area contributed by atoms with Crippen molar-refractivity contribution in [1.82, 2.24) is 0 Å². The number of rotatable bonds is 46. The van der Waals surface area contributed by atoms with Gasteiger partial charge in [-0.25, -0.2) is 0 Å². The second-order valence-electron chi connectivity index (χ2n) is 17.6. The van der Waals surface area contributed by atoms with Crippen LogP contribution >= 0.6 is 0 Å². The highest BCUT2D eigenvalue weighted by Crippen LogP contribution is 2.10. The Morgan fingerprint density at radius 1 is 0.316 bits per heavy atom. The number of nitrogens with two attached hydrogens (primary N) is 8. The van der Waals surface area contributed by atoms with Crippen LogP contribution in [0.3, 0.4) is 0 Å². The molecule has 0 bridgehead atoms. The molecule has 0 aliphatic carbocycles. The molecule has 16 N–H and O–H groups in total. The van der Waals surface area contributed by atoms with Crippen LogP contribution in [-0.4, -0.2) is 188 Å². The molecule has 470 valence electrons. The molecule has 0 fully saturated rings. The van der Waals surface area contributed by atoms with E-state index in [-0.39, 0.29) is 43.3 Å². The van der Waals surface area contributed by atoms with Crippen molar-refractivity contribution in [2.75, 3.05) is 139 Å². The summed E-state index contributed by atoms with van der Waals surface area (Å²) in [5.41, 5.74) is 42.2. The molecule has 76 heavy (non-hydrogen) atoms. The third-order valence-corrected chi connectivity index (χ3v) is 9.10. The number of hydrogen-bond acceptors (Lipinski definition) is 22. The lowest BCUT2D eigenvalue weighted by molar-refractivity contribution is -0.211. The van der Waals surface area contributed by atoms with Gasteiger partial charge >= 0.3 is 0 Å². The Labute approximate surface area is 466 Å². The Morgan fingerprint density at radius 2 is 0.711 bits per heavy atom. The van der Waals surface area contributed by atoms with Crippen LogP contribution in [0.15, 0.2) is 0 Å². The first-order valence-corrected chi connectivity index (χ1v) is 28.6. The lowest BCUT2D eigenvalue weighted by atomic mass is 10.3. The van der Waals surface area contributed by atoms with E-state index in [4.69, 9.17) is 112 Å². The van der Waals surface area contributed by atoms with Gasteiger partial charge in [0.05, 0.1) is 64.1 Å². The van der Waals surface area contributed by atoms with E-state index in [1.807, 2.05) is 62.3 Å². The average molecular weight is 1120 g/mol. The van der Waals surface area contributed by atoms with E-state index >= 15 is 0 Å². The lowest BCUT2D eigenvalue weighted by Crippen LogP contribution is -2.31. The van der Waals surface area contributed by atoms with Gasteiger partial charge in [-0.15, -0.1) is 0 Å². The van der Waals surface area contributed by atoms with Gasteiger partial charge in [0, 0.05) is 59.2 Å². The maximum atomic E-state index is 5.49. The molecule has 0 heterocycles. The molecule has 0 spiro atoms. The van der Waals surface area contributed by atoms with Crippen molar-refractivity contribution in [1.29, 1.82) is 0 Å². The minimum absolute atomic E-state index is 0.0732. The van der Waals surface area contributed by atoms with Crippen LogP contribution in [-0.2, 0) is 66.3 Å². The topological polar surface area (TPSA) is 337 Å². The first-order valence-electron chi connectivity index (χ1n) is 28.6. The average Bonchev–Trinajstić information content (AvgIpc) is 3.41. The van der Waals surface area contributed by atoms with Crippen molar-refractivity contribution < 1.29 is 66.3 Å². The summed E-state index contributed by atoms with van der Waals surface area (Å²) in [6.07, 6.45) is 10.4. The first kappa shape index (κ1) is 88.9. The largest absolute Gasteiger partial charge is 0.355 e. The summed E-state index contributed by atoms with van der Waals surface area (Å²) in [6.45, 7) is 42.6. The van der Waals surface area contributed by atoms with Crippen molar-refractivity contribution in [2.24, 2.45) is 45.9 Å². The Morgan fingerprint density at radius 3 is 1.14 bits per heavy atom. The predicted molar refractivity (Wildman–Crippen MR) is 311 cm³/mol. The molecule has 7 atom stereocenters. The molecule has 0 saturated heterocycles. The molecular weight excluding hydrogens is 985 g/mol. The van der Waals surface area contributed by atoms with E-state index in [1.165, 1.54) is 0 Å². The van der Waals surface area contributed by atoms with Gasteiger partial charge in [-0.3, -0.25) is 0 Å². The van der Waals surface area contributed by atoms with Crippen LogP contribution in [0.2, 0.25) is 0 Å². The summed E-state index contributed by atoms with van der Waals surface area (Å²) in [7, 11) is 0. The molecule has 0 aliphatic heterocycles. The zero-order valence-electron chi connectivity index (χ0n) is 51.8. The number of unbranched alkanes of at least 4 members (excludes halogenated alkanes) is 1. The smallest absolute Gasteiger partial charge is 0.162 e. The molecule has 0 aromatic rings. The van der Waals surface area contributed by atoms with Gasteiger partial charge in [-0.05, 0) is 140 Å². The van der Waals surface area contributed by atoms with Crippen LogP contribution in [0.5, 0.6) is 0 Å². The van der Waals surface area contributed by atoms with E-state index in [9.17, 15) is 0 Å². The lowest BCUT2D eigenvalue weighted by Gasteiger charge is -2.25. The van der Waals surface area contributed by atoms with Crippen molar-refractivity contribution in [3.63, 3.8) is 0 Å². The van der Waals surface area contributed by atoms with Gasteiger partial charge in [0.25, 0.3) is 0 Å². The van der Waals surface area contributed by atoms with E-state index in [1.54, 1.807) is 0 Å². The number of ether oxygens (including phenoxy) is 14. The minimum Gasteiger partial charge on any atom is -0.355 e. The van der Waals surface area contributed by atoms with Crippen LogP contribution in [0, 0.1) is 0 Å². The molecule has 0 rings (SSSR count). The van der Waals surface area contributed by atoms with E-state index in [2.05, 4.69) is 41.5 Å². The van der Waals surface area contributed by atoms with E-state index in [0.29, 0.717) is 112 Å². The molecule has 7 unspecified atom stereocenters. The van der Waals surface area contributed by atoms with Crippen LogP contribution in [0.1, 0.15) is 168 Å². The second-order valence-corrected chi connectivity index (χ2v) is 17.6. The molecule has 0 radical (unpaired) electrons. The highest BCUT2D eigenvalue weighted by atomic mass is 16.7. The maximum absolute atomic E-state index is 5.49. The van der Waals surface area contributed by atoms with E-state index < -0.39 is 5.79 Å². The molecule has 22 heteroatoms. The quantitative estimate of drug-likeness (QED) is 0.0255. The van der Waals surface area contributed by atoms with Gasteiger partial charge in [-0.2, -0.15) is 0 Å². The molecule has 0 aromatic heterocycles. The van der Waals surface area contributed by atoms with Crippen LogP contribution in [0.4, 0.5) is 0 Å². The Hall–Kier alpha value is -0.880.